The third-order valence-electron chi connectivity index (χ3n) is 4.42. The van der Waals surface area contributed by atoms with Crippen LogP contribution in [0.25, 0.3) is 0 Å². The molecule has 0 radical (unpaired) electrons. The van der Waals surface area contributed by atoms with Crippen LogP contribution >= 0.6 is 46.4 Å². The molecule has 3 rings (SSSR count). The van der Waals surface area contributed by atoms with E-state index >= 15 is 0 Å². The summed E-state index contributed by atoms with van der Waals surface area (Å²) >= 11 is 13.7. The van der Waals surface area contributed by atoms with Gasteiger partial charge in [0.15, 0.2) is 5.11 Å². The normalized spacial score (nSPS) is 16.0. The SMILES string of the molecule is COC(=O)CN1C(=S)N(c2cccc(Cl)c2)C(=O)C1CC(=O)Nc1ccc(I)cc1. The molecule has 0 saturated carbocycles. The number of halogens is 2. The van der Waals surface area contributed by atoms with Crippen molar-refractivity contribution in [1.82, 2.24) is 4.90 Å². The van der Waals surface area contributed by atoms with Crippen LogP contribution in [0.15, 0.2) is 48.5 Å². The van der Waals surface area contributed by atoms with Gasteiger partial charge in [-0.15, -0.1) is 0 Å². The van der Waals surface area contributed by atoms with Gasteiger partial charge >= 0.3 is 5.97 Å². The molecule has 0 bridgehead atoms. The zero-order valence-electron chi connectivity index (χ0n) is 15.8. The van der Waals surface area contributed by atoms with Crippen LogP contribution in [0, 0.1) is 3.57 Å². The number of anilines is 2. The summed E-state index contributed by atoms with van der Waals surface area (Å²) in [5.74, 6) is -1.36. The van der Waals surface area contributed by atoms with Crippen LogP contribution in [0.5, 0.6) is 0 Å². The number of carbonyl (C=O) groups is 3. The maximum Gasteiger partial charge on any atom is 0.325 e. The average molecular weight is 558 g/mol. The molecule has 2 aromatic carbocycles. The zero-order valence-corrected chi connectivity index (χ0v) is 19.5. The highest BCUT2D eigenvalue weighted by Crippen LogP contribution is 2.29. The molecule has 1 aliphatic rings. The van der Waals surface area contributed by atoms with Crippen LogP contribution in [0.4, 0.5) is 11.4 Å². The molecule has 1 N–H and O–H groups in total. The molecule has 2 amide bonds. The molecule has 10 heteroatoms. The second kappa shape index (κ2) is 9.71. The fourth-order valence-electron chi connectivity index (χ4n) is 2.99. The molecule has 1 heterocycles. The minimum absolute atomic E-state index is 0.111. The summed E-state index contributed by atoms with van der Waals surface area (Å²) in [6, 6.07) is 12.9. The number of esters is 1. The predicted octanol–water partition coefficient (Wildman–Crippen LogP) is 3.45. The van der Waals surface area contributed by atoms with Crippen molar-refractivity contribution in [2.75, 3.05) is 23.9 Å². The largest absolute Gasteiger partial charge is 0.468 e. The Kier molecular flexibility index (Phi) is 7.27. The van der Waals surface area contributed by atoms with Crippen LogP contribution in [0.1, 0.15) is 6.42 Å². The molecule has 30 heavy (non-hydrogen) atoms. The van der Waals surface area contributed by atoms with Gasteiger partial charge in [0.05, 0.1) is 19.2 Å². The van der Waals surface area contributed by atoms with Crippen LogP contribution in [-0.2, 0) is 19.1 Å². The van der Waals surface area contributed by atoms with E-state index in [1.165, 1.54) is 16.9 Å². The first kappa shape index (κ1) is 22.4. The Morgan fingerprint density at radius 2 is 1.93 bits per heavy atom. The number of amides is 2. The van der Waals surface area contributed by atoms with E-state index in [4.69, 9.17) is 28.6 Å². The molecule has 0 spiro atoms. The molecule has 1 fully saturated rings. The Hall–Kier alpha value is -2.24. The third-order valence-corrected chi connectivity index (χ3v) is 5.79. The molecule has 156 valence electrons. The summed E-state index contributed by atoms with van der Waals surface area (Å²) in [6.45, 7) is -0.250. The number of thiocarbonyl (C=S) groups is 1. The fraction of sp³-hybridized carbons (Fsp3) is 0.200. The highest BCUT2D eigenvalue weighted by Gasteiger charge is 2.45. The molecule has 2 aromatic rings. The Morgan fingerprint density at radius 1 is 1.23 bits per heavy atom. The summed E-state index contributed by atoms with van der Waals surface area (Å²) in [6.07, 6.45) is -0.182. The Bertz CT molecular complexity index is 1000. The van der Waals surface area contributed by atoms with E-state index in [-0.39, 0.29) is 24.0 Å². The average Bonchev–Trinajstić information content (AvgIpc) is 2.93. The zero-order chi connectivity index (χ0) is 21.8. The van der Waals surface area contributed by atoms with Crippen LogP contribution in [0.3, 0.4) is 0 Å². The number of hydrogen-bond donors (Lipinski definition) is 1. The van der Waals surface area contributed by atoms with Crippen molar-refractivity contribution >= 4 is 80.7 Å². The van der Waals surface area contributed by atoms with E-state index in [0.717, 1.165) is 3.57 Å². The summed E-state index contributed by atoms with van der Waals surface area (Å²) in [4.78, 5) is 40.4. The van der Waals surface area contributed by atoms with Gasteiger partial charge in [-0.25, -0.2) is 0 Å². The summed E-state index contributed by atoms with van der Waals surface area (Å²) < 4.78 is 5.75. The van der Waals surface area contributed by atoms with Gasteiger partial charge in [-0.1, -0.05) is 17.7 Å². The number of rotatable bonds is 6. The van der Waals surface area contributed by atoms with Crippen molar-refractivity contribution in [1.29, 1.82) is 0 Å². The number of hydrogen-bond acceptors (Lipinski definition) is 5. The molecule has 1 atom stereocenters. The van der Waals surface area contributed by atoms with Crippen molar-refractivity contribution in [3.63, 3.8) is 0 Å². The predicted molar refractivity (Wildman–Crippen MR) is 126 cm³/mol. The lowest BCUT2D eigenvalue weighted by atomic mass is 10.1. The van der Waals surface area contributed by atoms with Crippen molar-refractivity contribution < 1.29 is 19.1 Å². The van der Waals surface area contributed by atoms with Crippen molar-refractivity contribution in [2.45, 2.75) is 12.5 Å². The lowest BCUT2D eigenvalue weighted by Crippen LogP contribution is -2.41. The van der Waals surface area contributed by atoms with Gasteiger partial charge in [0.1, 0.15) is 12.6 Å². The van der Waals surface area contributed by atoms with Gasteiger partial charge in [-0.2, -0.15) is 0 Å². The van der Waals surface area contributed by atoms with Gasteiger partial charge < -0.3 is 15.0 Å². The van der Waals surface area contributed by atoms with E-state index < -0.39 is 17.9 Å². The lowest BCUT2D eigenvalue weighted by Gasteiger charge is -2.22. The van der Waals surface area contributed by atoms with Gasteiger partial charge in [0, 0.05) is 14.3 Å². The van der Waals surface area contributed by atoms with Crippen molar-refractivity contribution in [3.05, 3.63) is 57.1 Å². The van der Waals surface area contributed by atoms with Crippen LogP contribution in [0.2, 0.25) is 5.02 Å². The highest BCUT2D eigenvalue weighted by atomic mass is 127. The number of nitrogens with zero attached hydrogens (tertiary/aromatic N) is 2. The lowest BCUT2D eigenvalue weighted by molar-refractivity contribution is -0.141. The molecule has 1 saturated heterocycles. The van der Waals surface area contributed by atoms with Gasteiger partial charge in [-0.05, 0) is 77.3 Å². The summed E-state index contributed by atoms with van der Waals surface area (Å²) in [5.41, 5.74) is 1.08. The molecule has 0 aromatic heterocycles. The van der Waals surface area contributed by atoms with E-state index in [1.54, 1.807) is 36.4 Å². The summed E-state index contributed by atoms with van der Waals surface area (Å²) in [7, 11) is 1.25. The molecule has 1 aliphatic heterocycles. The Balaban J connectivity index is 1.84. The van der Waals surface area contributed by atoms with E-state index in [0.29, 0.717) is 16.4 Å². The quantitative estimate of drug-likeness (QED) is 0.333. The third kappa shape index (κ3) is 5.08. The maximum atomic E-state index is 13.2. The van der Waals surface area contributed by atoms with Crippen LogP contribution < -0.4 is 10.2 Å². The standard InChI is InChI=1S/C20H17ClIN3O4S/c1-29-18(27)11-24-16(10-17(26)23-14-7-5-13(22)6-8-14)19(28)25(20(24)30)15-4-2-3-12(21)9-15/h2-9,16H,10-11H2,1H3,(H,23,26). The second-order valence-corrected chi connectivity index (χ2v) is 8.46. The number of benzene rings is 2. The Morgan fingerprint density at radius 3 is 2.57 bits per heavy atom. The highest BCUT2D eigenvalue weighted by molar-refractivity contribution is 14.1. The van der Waals surface area contributed by atoms with E-state index in [1.807, 2.05) is 12.1 Å². The van der Waals surface area contributed by atoms with Gasteiger partial charge in [0.25, 0.3) is 5.91 Å². The summed E-state index contributed by atoms with van der Waals surface area (Å²) in [5, 5.41) is 3.31. The molecular formula is C20H17ClIN3O4S. The Labute approximate surface area is 197 Å². The number of ether oxygens (including phenoxy) is 1. The van der Waals surface area contributed by atoms with E-state index in [2.05, 4.69) is 27.9 Å². The topological polar surface area (TPSA) is 79.0 Å². The number of methoxy groups -OCH3 is 1. The molecule has 1 unspecified atom stereocenters. The van der Waals surface area contributed by atoms with Gasteiger partial charge in [-0.3, -0.25) is 19.3 Å². The minimum atomic E-state index is -0.945. The van der Waals surface area contributed by atoms with Crippen molar-refractivity contribution in [3.8, 4) is 0 Å². The number of nitrogens with one attached hydrogen (secondary N) is 1. The number of carbonyl (C=O) groups excluding carboxylic acids is 3. The molecular weight excluding hydrogens is 541 g/mol. The van der Waals surface area contributed by atoms with E-state index in [9.17, 15) is 14.4 Å². The smallest absolute Gasteiger partial charge is 0.325 e. The first-order valence-electron chi connectivity index (χ1n) is 8.82. The second-order valence-electron chi connectivity index (χ2n) is 6.42. The first-order valence-corrected chi connectivity index (χ1v) is 10.7. The molecule has 7 nitrogen and oxygen atoms in total. The minimum Gasteiger partial charge on any atom is -0.468 e. The first-order chi connectivity index (χ1) is 14.3. The van der Waals surface area contributed by atoms with Crippen molar-refractivity contribution in [2.24, 2.45) is 0 Å². The molecule has 0 aliphatic carbocycles. The maximum absolute atomic E-state index is 13.2. The van der Waals surface area contributed by atoms with Crippen LogP contribution in [-0.4, -0.2) is 47.5 Å². The monoisotopic (exact) mass is 557 g/mol. The van der Waals surface area contributed by atoms with Gasteiger partial charge in [0.2, 0.25) is 5.91 Å². The fourth-order valence-corrected chi connectivity index (χ4v) is 3.92.